The molecule has 1 N–H and O–H groups in total. The molecule has 3 aliphatic rings. The summed E-state index contributed by atoms with van der Waals surface area (Å²) in [6.07, 6.45) is 12.1. The molecule has 2 fully saturated rings. The summed E-state index contributed by atoms with van der Waals surface area (Å²) in [6.45, 7) is 5.73. The van der Waals surface area contributed by atoms with E-state index in [0.29, 0.717) is 12.0 Å². The molecule has 1 aromatic carbocycles. The molecule has 2 aromatic rings. The number of pyridine rings is 1. The summed E-state index contributed by atoms with van der Waals surface area (Å²) in [5.41, 5.74) is 3.31. The number of amides is 1. The van der Waals surface area contributed by atoms with Gasteiger partial charge in [0.25, 0.3) is 0 Å². The standard InChI is InChI=1S/C29H38N2O3/c1-28(2,3)34-27(32)31-26-24-11-7-4-8-21(24)18-29(26)16-14-20(15-17-29)25-13-12-23(19-30-25)33-22-9-5-6-10-22/h4,7-8,11-13,19-20,22,26H,5-6,9-10,14-18H2,1-3H3,(H,31,32). The molecule has 2 saturated carbocycles. The summed E-state index contributed by atoms with van der Waals surface area (Å²) in [6, 6.07) is 12.8. The first-order chi connectivity index (χ1) is 16.3. The lowest BCUT2D eigenvalue weighted by atomic mass is 9.66. The first-order valence-corrected chi connectivity index (χ1v) is 13.0. The fourth-order valence-corrected chi connectivity index (χ4v) is 6.30. The monoisotopic (exact) mass is 462 g/mol. The normalized spacial score (nSPS) is 26.9. The first-order valence-electron chi connectivity index (χ1n) is 13.0. The van der Waals surface area contributed by atoms with Gasteiger partial charge in [0.15, 0.2) is 0 Å². The van der Waals surface area contributed by atoms with Crippen LogP contribution < -0.4 is 10.1 Å². The van der Waals surface area contributed by atoms with Crippen molar-refractivity contribution in [3.8, 4) is 5.75 Å². The smallest absolute Gasteiger partial charge is 0.408 e. The third-order valence-electron chi connectivity index (χ3n) is 7.95. The third-order valence-corrected chi connectivity index (χ3v) is 7.95. The number of benzene rings is 1. The van der Waals surface area contributed by atoms with E-state index in [-0.39, 0.29) is 17.6 Å². The second-order valence-corrected chi connectivity index (χ2v) is 11.5. The van der Waals surface area contributed by atoms with Crippen molar-refractivity contribution in [2.24, 2.45) is 5.41 Å². The Labute approximate surface area is 203 Å². The fourth-order valence-electron chi connectivity index (χ4n) is 6.30. The van der Waals surface area contributed by atoms with Gasteiger partial charge in [0, 0.05) is 11.6 Å². The highest BCUT2D eigenvalue weighted by Crippen LogP contribution is 2.56. The summed E-state index contributed by atoms with van der Waals surface area (Å²) in [5, 5.41) is 3.26. The molecule has 5 heteroatoms. The van der Waals surface area contributed by atoms with Gasteiger partial charge in [0.1, 0.15) is 11.4 Å². The lowest BCUT2D eigenvalue weighted by Gasteiger charge is -2.42. The zero-order valence-corrected chi connectivity index (χ0v) is 20.8. The molecule has 5 rings (SSSR count). The highest BCUT2D eigenvalue weighted by atomic mass is 16.6. The molecule has 1 aromatic heterocycles. The number of hydrogen-bond acceptors (Lipinski definition) is 4. The van der Waals surface area contributed by atoms with Crippen LogP contribution in [0.4, 0.5) is 4.79 Å². The van der Waals surface area contributed by atoms with Gasteiger partial charge in [0.2, 0.25) is 0 Å². The molecule has 5 nitrogen and oxygen atoms in total. The van der Waals surface area contributed by atoms with Gasteiger partial charge >= 0.3 is 6.09 Å². The zero-order chi connectivity index (χ0) is 23.8. The summed E-state index contributed by atoms with van der Waals surface area (Å²) in [4.78, 5) is 17.5. The summed E-state index contributed by atoms with van der Waals surface area (Å²) < 4.78 is 11.7. The molecular formula is C29H38N2O3. The van der Waals surface area contributed by atoms with Crippen LogP contribution in [0.5, 0.6) is 5.75 Å². The van der Waals surface area contributed by atoms with Gasteiger partial charge in [-0.25, -0.2) is 4.79 Å². The average molecular weight is 463 g/mol. The number of carbonyl (C=O) groups excluding carboxylic acids is 1. The summed E-state index contributed by atoms with van der Waals surface area (Å²) in [5.74, 6) is 1.35. The van der Waals surface area contributed by atoms with E-state index in [0.717, 1.165) is 50.7 Å². The molecule has 3 aliphatic carbocycles. The van der Waals surface area contributed by atoms with Crippen molar-refractivity contribution in [2.45, 2.75) is 102 Å². The Morgan fingerprint density at radius 3 is 2.44 bits per heavy atom. The van der Waals surface area contributed by atoms with Gasteiger partial charge in [0.05, 0.1) is 18.3 Å². The summed E-state index contributed by atoms with van der Waals surface area (Å²) in [7, 11) is 0. The number of alkyl carbamates (subject to hydrolysis) is 1. The van der Waals surface area contributed by atoms with Crippen LogP contribution in [0.15, 0.2) is 42.6 Å². The minimum Gasteiger partial charge on any atom is -0.489 e. The number of rotatable bonds is 4. The van der Waals surface area contributed by atoms with Crippen molar-refractivity contribution in [2.75, 3.05) is 0 Å². The minimum atomic E-state index is -0.508. The largest absolute Gasteiger partial charge is 0.489 e. The van der Waals surface area contributed by atoms with Crippen LogP contribution in [-0.4, -0.2) is 22.8 Å². The Hall–Kier alpha value is -2.56. The maximum absolute atomic E-state index is 12.7. The van der Waals surface area contributed by atoms with Crippen LogP contribution in [-0.2, 0) is 11.2 Å². The van der Waals surface area contributed by atoms with Crippen molar-refractivity contribution in [1.82, 2.24) is 10.3 Å². The Morgan fingerprint density at radius 2 is 1.76 bits per heavy atom. The van der Waals surface area contributed by atoms with Crippen molar-refractivity contribution in [3.63, 3.8) is 0 Å². The van der Waals surface area contributed by atoms with Gasteiger partial charge < -0.3 is 14.8 Å². The van der Waals surface area contributed by atoms with E-state index in [1.807, 2.05) is 27.0 Å². The number of fused-ring (bicyclic) bond motifs is 1. The molecule has 1 spiro atoms. The fraction of sp³-hybridized carbons (Fsp3) is 0.586. The predicted octanol–water partition coefficient (Wildman–Crippen LogP) is 6.87. The maximum Gasteiger partial charge on any atom is 0.408 e. The van der Waals surface area contributed by atoms with Crippen molar-refractivity contribution >= 4 is 6.09 Å². The van der Waals surface area contributed by atoms with E-state index in [2.05, 4.69) is 41.7 Å². The van der Waals surface area contributed by atoms with Crippen molar-refractivity contribution < 1.29 is 14.3 Å². The number of hydrogen-bond donors (Lipinski definition) is 1. The molecule has 0 bridgehead atoms. The molecule has 0 aliphatic heterocycles. The van der Waals surface area contributed by atoms with Gasteiger partial charge in [-0.2, -0.15) is 0 Å². The van der Waals surface area contributed by atoms with E-state index >= 15 is 0 Å². The highest BCUT2D eigenvalue weighted by molar-refractivity contribution is 5.69. The SMILES string of the molecule is CC(C)(C)OC(=O)NC1c2ccccc2CC12CCC(c1ccc(OC3CCCC3)cn1)CC2. The van der Waals surface area contributed by atoms with E-state index in [4.69, 9.17) is 14.5 Å². The molecule has 1 atom stereocenters. The van der Waals surface area contributed by atoms with Gasteiger partial charge in [-0.3, -0.25) is 4.98 Å². The number of ether oxygens (including phenoxy) is 2. The van der Waals surface area contributed by atoms with E-state index in [1.165, 1.54) is 29.7 Å². The van der Waals surface area contributed by atoms with Crippen LogP contribution in [0.2, 0.25) is 0 Å². The number of aromatic nitrogens is 1. The number of nitrogens with zero attached hydrogens (tertiary/aromatic N) is 1. The molecule has 1 amide bonds. The molecule has 0 radical (unpaired) electrons. The lowest BCUT2D eigenvalue weighted by Crippen LogP contribution is -2.43. The molecule has 182 valence electrons. The first kappa shape index (κ1) is 23.2. The van der Waals surface area contributed by atoms with Crippen LogP contribution in [0, 0.1) is 5.41 Å². The average Bonchev–Trinajstić information content (AvgIpc) is 3.40. The van der Waals surface area contributed by atoms with Crippen LogP contribution in [0.25, 0.3) is 0 Å². The van der Waals surface area contributed by atoms with Crippen LogP contribution >= 0.6 is 0 Å². The van der Waals surface area contributed by atoms with Crippen molar-refractivity contribution in [3.05, 3.63) is 59.4 Å². The Kier molecular flexibility index (Phi) is 6.30. The van der Waals surface area contributed by atoms with Crippen LogP contribution in [0.1, 0.15) is 101 Å². The van der Waals surface area contributed by atoms with Gasteiger partial charge in [-0.15, -0.1) is 0 Å². The lowest BCUT2D eigenvalue weighted by molar-refractivity contribution is 0.0406. The number of carbonyl (C=O) groups is 1. The van der Waals surface area contributed by atoms with E-state index in [9.17, 15) is 4.79 Å². The predicted molar refractivity (Wildman–Crippen MR) is 133 cm³/mol. The topological polar surface area (TPSA) is 60.5 Å². The summed E-state index contributed by atoms with van der Waals surface area (Å²) >= 11 is 0. The molecule has 34 heavy (non-hydrogen) atoms. The molecule has 1 unspecified atom stereocenters. The molecular weight excluding hydrogens is 424 g/mol. The highest BCUT2D eigenvalue weighted by Gasteiger charge is 2.49. The second kappa shape index (κ2) is 9.24. The quantitative estimate of drug-likeness (QED) is 0.539. The maximum atomic E-state index is 12.7. The Balaban J connectivity index is 1.27. The van der Waals surface area contributed by atoms with Crippen molar-refractivity contribution in [1.29, 1.82) is 0 Å². The zero-order valence-electron chi connectivity index (χ0n) is 20.8. The second-order valence-electron chi connectivity index (χ2n) is 11.5. The van der Waals surface area contributed by atoms with Crippen LogP contribution in [0.3, 0.4) is 0 Å². The third kappa shape index (κ3) is 4.94. The minimum absolute atomic E-state index is 0.00496. The molecule has 1 heterocycles. The Morgan fingerprint density at radius 1 is 1.03 bits per heavy atom. The van der Waals surface area contributed by atoms with E-state index in [1.54, 1.807) is 0 Å². The Bertz CT molecular complexity index is 997. The van der Waals surface area contributed by atoms with Gasteiger partial charge in [-0.05, 0) is 107 Å². The van der Waals surface area contributed by atoms with Gasteiger partial charge in [-0.1, -0.05) is 24.3 Å². The molecule has 0 saturated heterocycles. The number of nitrogens with one attached hydrogen (secondary N) is 1. The van der Waals surface area contributed by atoms with E-state index < -0.39 is 5.60 Å².